The minimum atomic E-state index is -3.30. The van der Waals surface area contributed by atoms with Crippen molar-refractivity contribution >= 4 is 27.6 Å². The number of esters is 1. The topological polar surface area (TPSA) is 66.9 Å². The van der Waals surface area contributed by atoms with Crippen molar-refractivity contribution in [3.8, 4) is 0 Å². The second kappa shape index (κ2) is 6.53. The van der Waals surface area contributed by atoms with Gasteiger partial charge in [0.05, 0.1) is 13.5 Å². The van der Waals surface area contributed by atoms with Crippen LogP contribution in [0.2, 0.25) is 0 Å². The molecule has 0 aromatic heterocycles. The molecule has 0 aromatic rings. The third-order valence-corrected chi connectivity index (χ3v) is 4.98. The molecule has 6 nitrogen and oxygen atoms in total. The Hall–Kier alpha value is -0.370. The number of alkyl halides is 1. The van der Waals surface area contributed by atoms with Crippen molar-refractivity contribution in [2.24, 2.45) is 0 Å². The molecule has 1 fully saturated rings. The first-order valence-corrected chi connectivity index (χ1v) is 7.47. The van der Waals surface area contributed by atoms with Crippen molar-refractivity contribution in [1.29, 1.82) is 0 Å². The van der Waals surface area contributed by atoms with Gasteiger partial charge in [0.15, 0.2) is 0 Å². The zero-order valence-electron chi connectivity index (χ0n) is 9.76. The second-order valence-corrected chi connectivity index (χ2v) is 6.34. The van der Waals surface area contributed by atoms with Crippen LogP contribution in [0.5, 0.6) is 0 Å². The lowest BCUT2D eigenvalue weighted by atomic mass is 10.3. The minimum Gasteiger partial charge on any atom is -0.469 e. The summed E-state index contributed by atoms with van der Waals surface area (Å²) in [5.41, 5.74) is 0. The highest BCUT2D eigenvalue weighted by atomic mass is 35.5. The summed E-state index contributed by atoms with van der Waals surface area (Å²) in [4.78, 5) is 13.0. The third kappa shape index (κ3) is 4.42. The van der Waals surface area contributed by atoms with E-state index in [1.807, 2.05) is 4.90 Å². The van der Waals surface area contributed by atoms with Gasteiger partial charge in [0.2, 0.25) is 10.0 Å². The first-order chi connectivity index (χ1) is 7.99. The van der Waals surface area contributed by atoms with Crippen molar-refractivity contribution in [1.82, 2.24) is 9.21 Å². The summed E-state index contributed by atoms with van der Waals surface area (Å²) in [5, 5.41) is -0.380. The number of sulfonamides is 1. The molecule has 1 aliphatic rings. The van der Waals surface area contributed by atoms with E-state index < -0.39 is 10.0 Å². The van der Waals surface area contributed by atoms with Crippen molar-refractivity contribution in [3.05, 3.63) is 0 Å². The average molecular weight is 285 g/mol. The van der Waals surface area contributed by atoms with E-state index in [4.69, 9.17) is 11.6 Å². The lowest BCUT2D eigenvalue weighted by molar-refractivity contribution is -0.141. The van der Waals surface area contributed by atoms with Crippen LogP contribution in [0.1, 0.15) is 6.42 Å². The highest BCUT2D eigenvalue weighted by Crippen LogP contribution is 2.09. The Morgan fingerprint density at radius 3 is 2.35 bits per heavy atom. The van der Waals surface area contributed by atoms with E-state index in [1.54, 1.807) is 0 Å². The van der Waals surface area contributed by atoms with E-state index in [0.717, 1.165) is 0 Å². The van der Waals surface area contributed by atoms with Crippen molar-refractivity contribution in [3.63, 3.8) is 0 Å². The molecule has 1 rings (SSSR count). The Bertz CT molecular complexity index is 352. The van der Waals surface area contributed by atoms with Gasteiger partial charge in [-0.1, -0.05) is 0 Å². The number of hydrogen-bond donors (Lipinski definition) is 0. The Morgan fingerprint density at radius 1 is 1.29 bits per heavy atom. The number of rotatable bonds is 5. The lowest BCUT2D eigenvalue weighted by Crippen LogP contribution is -2.49. The van der Waals surface area contributed by atoms with Gasteiger partial charge in [0.1, 0.15) is 5.21 Å². The van der Waals surface area contributed by atoms with Crippen LogP contribution < -0.4 is 0 Å². The van der Waals surface area contributed by atoms with Gasteiger partial charge in [0.25, 0.3) is 0 Å². The SMILES string of the molecule is COC(=O)CCN1CCN(S(=O)(=O)CCl)CC1. The van der Waals surface area contributed by atoms with Gasteiger partial charge in [-0.2, -0.15) is 4.31 Å². The van der Waals surface area contributed by atoms with E-state index in [1.165, 1.54) is 11.4 Å². The highest BCUT2D eigenvalue weighted by molar-refractivity contribution is 7.90. The smallest absolute Gasteiger partial charge is 0.306 e. The molecule has 0 aromatic carbocycles. The predicted molar refractivity (Wildman–Crippen MR) is 64.3 cm³/mol. The number of carbonyl (C=O) groups is 1. The number of carbonyl (C=O) groups excluding carboxylic acids is 1. The molecule has 17 heavy (non-hydrogen) atoms. The summed E-state index contributed by atoms with van der Waals surface area (Å²) in [6.45, 7) is 2.69. The Morgan fingerprint density at radius 2 is 1.88 bits per heavy atom. The molecule has 100 valence electrons. The van der Waals surface area contributed by atoms with Crippen molar-refractivity contribution < 1.29 is 17.9 Å². The van der Waals surface area contributed by atoms with E-state index in [9.17, 15) is 13.2 Å². The summed E-state index contributed by atoms with van der Waals surface area (Å²) >= 11 is 5.38. The second-order valence-electron chi connectivity index (χ2n) is 3.79. The maximum atomic E-state index is 11.5. The van der Waals surface area contributed by atoms with Gasteiger partial charge in [-0.3, -0.25) is 4.79 Å². The lowest BCUT2D eigenvalue weighted by Gasteiger charge is -2.33. The summed E-state index contributed by atoms with van der Waals surface area (Å²) in [6, 6.07) is 0. The van der Waals surface area contributed by atoms with Crippen LogP contribution in [0.25, 0.3) is 0 Å². The van der Waals surface area contributed by atoms with Crippen molar-refractivity contribution in [2.45, 2.75) is 6.42 Å². The number of nitrogens with zero attached hydrogens (tertiary/aromatic N) is 2. The summed E-state index contributed by atoms with van der Waals surface area (Å²) in [7, 11) is -1.95. The van der Waals surface area contributed by atoms with Gasteiger partial charge in [-0.05, 0) is 0 Å². The molecular weight excluding hydrogens is 268 g/mol. The van der Waals surface area contributed by atoms with Gasteiger partial charge >= 0.3 is 5.97 Å². The zero-order valence-corrected chi connectivity index (χ0v) is 11.3. The number of piperazine rings is 1. The van der Waals surface area contributed by atoms with Crippen LogP contribution in [0.4, 0.5) is 0 Å². The summed E-state index contributed by atoms with van der Waals surface area (Å²) < 4.78 is 28.9. The van der Waals surface area contributed by atoms with Crippen LogP contribution >= 0.6 is 11.6 Å². The van der Waals surface area contributed by atoms with E-state index >= 15 is 0 Å². The number of hydrogen-bond acceptors (Lipinski definition) is 5. The van der Waals surface area contributed by atoms with Gasteiger partial charge in [-0.25, -0.2) is 8.42 Å². The Kier molecular flexibility index (Phi) is 5.64. The number of halogens is 1. The normalized spacial score (nSPS) is 19.2. The van der Waals surface area contributed by atoms with Crippen LogP contribution in [0.15, 0.2) is 0 Å². The molecule has 0 unspecified atom stereocenters. The first-order valence-electron chi connectivity index (χ1n) is 5.32. The molecule has 0 bridgehead atoms. The Labute approximate surface area is 107 Å². The molecule has 1 aliphatic heterocycles. The predicted octanol–water partition coefficient (Wildman–Crippen LogP) is -0.307. The largest absolute Gasteiger partial charge is 0.469 e. The fourth-order valence-corrected chi connectivity index (χ4v) is 2.92. The van der Waals surface area contributed by atoms with Gasteiger partial charge in [-0.15, -0.1) is 11.6 Å². The number of ether oxygens (including phenoxy) is 1. The maximum Gasteiger partial charge on any atom is 0.306 e. The average Bonchev–Trinajstić information content (AvgIpc) is 2.36. The Balaban J connectivity index is 2.34. The monoisotopic (exact) mass is 284 g/mol. The molecule has 0 aliphatic carbocycles. The van der Waals surface area contributed by atoms with Gasteiger partial charge < -0.3 is 9.64 Å². The molecule has 0 saturated carbocycles. The van der Waals surface area contributed by atoms with Crippen molar-refractivity contribution in [2.75, 3.05) is 45.0 Å². The molecule has 0 spiro atoms. The summed E-state index contributed by atoms with van der Waals surface area (Å²) in [6.07, 6.45) is 0.332. The first kappa shape index (κ1) is 14.7. The fourth-order valence-electron chi connectivity index (χ4n) is 1.65. The van der Waals surface area contributed by atoms with E-state index in [-0.39, 0.29) is 11.2 Å². The molecule has 0 atom stereocenters. The quantitative estimate of drug-likeness (QED) is 0.512. The van der Waals surface area contributed by atoms with E-state index in [2.05, 4.69) is 4.74 Å². The van der Waals surface area contributed by atoms with E-state index in [0.29, 0.717) is 39.1 Å². The zero-order chi connectivity index (χ0) is 12.9. The minimum absolute atomic E-state index is 0.249. The molecule has 0 radical (unpaired) electrons. The van der Waals surface area contributed by atoms with Crippen LogP contribution in [0.3, 0.4) is 0 Å². The third-order valence-electron chi connectivity index (χ3n) is 2.72. The molecule has 0 N–H and O–H groups in total. The van der Waals surface area contributed by atoms with Gasteiger partial charge in [0, 0.05) is 32.7 Å². The molecule has 1 saturated heterocycles. The van der Waals surface area contributed by atoms with Crippen LogP contribution in [-0.2, 0) is 19.6 Å². The summed E-state index contributed by atoms with van der Waals surface area (Å²) in [5.74, 6) is -0.249. The molecule has 8 heteroatoms. The molecule has 1 heterocycles. The maximum absolute atomic E-state index is 11.5. The van der Waals surface area contributed by atoms with Crippen LogP contribution in [0, 0.1) is 0 Å². The standard InChI is InChI=1S/C9H17ClN2O4S/c1-16-9(13)2-3-11-4-6-12(7-5-11)17(14,15)8-10/h2-8H2,1H3. The highest BCUT2D eigenvalue weighted by Gasteiger charge is 2.25. The van der Waals surface area contributed by atoms with Crippen LogP contribution in [-0.4, -0.2) is 68.6 Å². The fraction of sp³-hybridized carbons (Fsp3) is 0.889. The molecular formula is C9H17ClN2O4S. The molecule has 0 amide bonds. The number of methoxy groups -OCH3 is 1.